The Morgan fingerprint density at radius 2 is 1.67 bits per heavy atom. The molecule has 0 aliphatic rings. The van der Waals surface area contributed by atoms with Crippen LogP contribution in [0.4, 0.5) is 0 Å². The van der Waals surface area contributed by atoms with E-state index < -0.39 is 6.04 Å². The van der Waals surface area contributed by atoms with Gasteiger partial charge in [-0.05, 0) is 61.1 Å². The highest BCUT2D eigenvalue weighted by Crippen LogP contribution is 2.24. The molecule has 0 fully saturated rings. The fraction of sp³-hybridized carbons (Fsp3) is 0.462. The molecular weight excluding hydrogens is 459 g/mol. The van der Waals surface area contributed by atoms with Crippen LogP contribution in [0.1, 0.15) is 64.5 Å². The average Bonchev–Trinajstić information content (AvgIpc) is 2.78. The van der Waals surface area contributed by atoms with E-state index in [1.807, 2.05) is 45.0 Å². The van der Waals surface area contributed by atoms with Gasteiger partial charge in [-0.25, -0.2) is 0 Å². The summed E-state index contributed by atoms with van der Waals surface area (Å²) in [6.45, 7) is 10.1. The maximum atomic E-state index is 13.3. The molecule has 0 heterocycles. The van der Waals surface area contributed by atoms with Gasteiger partial charge in [0.25, 0.3) is 5.91 Å². The molecule has 1 N–H and O–H groups in total. The summed E-state index contributed by atoms with van der Waals surface area (Å²) < 4.78 is 5.77. The molecule has 0 radical (unpaired) electrons. The highest BCUT2D eigenvalue weighted by Gasteiger charge is 2.30. The average molecular weight is 493 g/mol. The summed E-state index contributed by atoms with van der Waals surface area (Å²) in [6.07, 6.45) is 1.26. The van der Waals surface area contributed by atoms with Crippen LogP contribution < -0.4 is 10.1 Å². The zero-order valence-corrected chi connectivity index (χ0v) is 21.5. The van der Waals surface area contributed by atoms with Gasteiger partial charge in [0.05, 0.1) is 0 Å². The summed E-state index contributed by atoms with van der Waals surface area (Å²) in [7, 11) is 0. The van der Waals surface area contributed by atoms with E-state index in [4.69, 9.17) is 27.9 Å². The molecule has 5 nitrogen and oxygen atoms in total. The first-order chi connectivity index (χ1) is 15.7. The van der Waals surface area contributed by atoms with Crippen molar-refractivity contribution in [3.8, 4) is 5.75 Å². The molecule has 0 aliphatic heterocycles. The molecule has 0 unspecified atom stereocenters. The van der Waals surface area contributed by atoms with Crippen molar-refractivity contribution >= 4 is 35.0 Å². The Labute approximate surface area is 207 Å². The number of amides is 2. The molecule has 33 heavy (non-hydrogen) atoms. The molecule has 180 valence electrons. The van der Waals surface area contributed by atoms with Gasteiger partial charge < -0.3 is 15.0 Å². The van der Waals surface area contributed by atoms with Crippen molar-refractivity contribution in [3.63, 3.8) is 0 Å². The van der Waals surface area contributed by atoms with Gasteiger partial charge in [-0.3, -0.25) is 9.59 Å². The molecule has 2 aromatic carbocycles. The lowest BCUT2D eigenvalue weighted by atomic mass is 10.0. The number of benzene rings is 2. The van der Waals surface area contributed by atoms with E-state index in [-0.39, 0.29) is 31.0 Å². The summed E-state index contributed by atoms with van der Waals surface area (Å²) in [6, 6.07) is 12.2. The smallest absolute Gasteiger partial charge is 0.261 e. The largest absolute Gasteiger partial charge is 0.484 e. The Morgan fingerprint density at radius 1 is 1.00 bits per heavy atom. The van der Waals surface area contributed by atoms with Crippen LogP contribution in [0, 0.1) is 0 Å². The third kappa shape index (κ3) is 7.94. The molecule has 0 bridgehead atoms. The van der Waals surface area contributed by atoms with E-state index in [1.54, 1.807) is 18.2 Å². The molecule has 2 aromatic rings. The maximum absolute atomic E-state index is 13.3. The number of ether oxygens (including phenoxy) is 1. The molecule has 2 amide bonds. The van der Waals surface area contributed by atoms with Gasteiger partial charge in [-0.15, -0.1) is 0 Å². The predicted octanol–water partition coefficient (Wildman–Crippen LogP) is 6.22. The Morgan fingerprint density at radius 3 is 2.21 bits per heavy atom. The summed E-state index contributed by atoms with van der Waals surface area (Å²) >= 11 is 12.4. The first-order valence-corrected chi connectivity index (χ1v) is 12.2. The fourth-order valence-corrected chi connectivity index (χ4v) is 3.84. The SMILES string of the molecule is CC[C@@H](C)NC(=O)[C@@H](CC)N(Cc1ccc(Cl)cc1Cl)C(=O)COc1ccc(C(C)C)cc1. The number of nitrogens with zero attached hydrogens (tertiary/aromatic N) is 1. The maximum Gasteiger partial charge on any atom is 0.261 e. The Balaban J connectivity index is 2.23. The van der Waals surface area contributed by atoms with Crippen molar-refractivity contribution in [1.29, 1.82) is 0 Å². The highest BCUT2D eigenvalue weighted by molar-refractivity contribution is 6.35. The minimum Gasteiger partial charge on any atom is -0.484 e. The molecule has 2 atom stereocenters. The van der Waals surface area contributed by atoms with Crippen LogP contribution in [-0.4, -0.2) is 35.4 Å². The van der Waals surface area contributed by atoms with Crippen LogP contribution in [0.5, 0.6) is 5.75 Å². The minimum atomic E-state index is -0.648. The molecule has 0 saturated carbocycles. The van der Waals surface area contributed by atoms with Crippen molar-refractivity contribution in [2.24, 2.45) is 0 Å². The Kier molecular flexibility index (Phi) is 10.5. The lowest BCUT2D eigenvalue weighted by Gasteiger charge is -2.31. The van der Waals surface area contributed by atoms with Crippen molar-refractivity contribution in [2.45, 2.75) is 72.0 Å². The molecule has 7 heteroatoms. The summed E-state index contributed by atoms with van der Waals surface area (Å²) in [5.41, 5.74) is 1.91. The Hall–Kier alpha value is -2.24. The van der Waals surface area contributed by atoms with E-state index in [2.05, 4.69) is 19.2 Å². The van der Waals surface area contributed by atoms with Gasteiger partial charge >= 0.3 is 0 Å². The van der Waals surface area contributed by atoms with E-state index in [9.17, 15) is 9.59 Å². The minimum absolute atomic E-state index is 0.0124. The second-order valence-corrected chi connectivity index (χ2v) is 9.36. The number of hydrogen-bond donors (Lipinski definition) is 1. The zero-order chi connectivity index (χ0) is 24.5. The van der Waals surface area contributed by atoms with E-state index in [0.29, 0.717) is 33.7 Å². The quantitative estimate of drug-likeness (QED) is 0.405. The van der Waals surface area contributed by atoms with E-state index >= 15 is 0 Å². The number of nitrogens with one attached hydrogen (secondary N) is 1. The lowest BCUT2D eigenvalue weighted by Crippen LogP contribution is -2.51. The van der Waals surface area contributed by atoms with Gasteiger partial charge in [0.15, 0.2) is 6.61 Å². The molecule has 0 spiro atoms. The molecule has 0 aromatic heterocycles. The second kappa shape index (κ2) is 12.9. The number of halogens is 2. The predicted molar refractivity (Wildman–Crippen MR) is 135 cm³/mol. The van der Waals surface area contributed by atoms with Gasteiger partial charge in [-0.2, -0.15) is 0 Å². The van der Waals surface area contributed by atoms with Crippen LogP contribution in [0.3, 0.4) is 0 Å². The fourth-order valence-electron chi connectivity index (χ4n) is 3.37. The van der Waals surface area contributed by atoms with Crippen molar-refractivity contribution in [3.05, 3.63) is 63.6 Å². The molecule has 0 aliphatic carbocycles. The lowest BCUT2D eigenvalue weighted by molar-refractivity contribution is -0.143. The Bertz CT molecular complexity index is 932. The number of carbonyl (C=O) groups excluding carboxylic acids is 2. The molecule has 2 rings (SSSR count). The summed E-state index contributed by atoms with van der Waals surface area (Å²) in [4.78, 5) is 27.8. The van der Waals surface area contributed by atoms with Gasteiger partial charge in [0.2, 0.25) is 5.91 Å². The van der Waals surface area contributed by atoms with E-state index in [1.165, 1.54) is 10.5 Å². The topological polar surface area (TPSA) is 58.6 Å². The summed E-state index contributed by atoms with van der Waals surface area (Å²) in [5, 5.41) is 3.95. The monoisotopic (exact) mass is 492 g/mol. The standard InChI is InChI=1S/C26H34Cl2N2O3/c1-6-18(5)29-26(32)24(7-2)30(15-20-8-11-21(27)14-23(20)28)25(31)16-33-22-12-9-19(10-13-22)17(3)4/h8-14,17-18,24H,6-7,15-16H2,1-5H3,(H,29,32)/t18-,24-/m1/s1. The van der Waals surface area contributed by atoms with Crippen LogP contribution in [0.15, 0.2) is 42.5 Å². The second-order valence-electron chi connectivity index (χ2n) is 8.51. The molecule has 0 saturated heterocycles. The first kappa shape index (κ1) is 27.0. The van der Waals surface area contributed by atoms with Gasteiger partial charge in [0.1, 0.15) is 11.8 Å². The van der Waals surface area contributed by atoms with Crippen LogP contribution >= 0.6 is 23.2 Å². The van der Waals surface area contributed by atoms with Crippen molar-refractivity contribution in [1.82, 2.24) is 10.2 Å². The normalized spacial score (nSPS) is 12.8. The number of rotatable bonds is 11. The van der Waals surface area contributed by atoms with Crippen molar-refractivity contribution in [2.75, 3.05) is 6.61 Å². The summed E-state index contributed by atoms with van der Waals surface area (Å²) in [5.74, 6) is 0.538. The van der Waals surface area contributed by atoms with Crippen LogP contribution in [0.2, 0.25) is 10.0 Å². The van der Waals surface area contributed by atoms with E-state index in [0.717, 1.165) is 6.42 Å². The van der Waals surface area contributed by atoms with Gasteiger partial charge in [-0.1, -0.05) is 69.1 Å². The molecular formula is C26H34Cl2N2O3. The zero-order valence-electron chi connectivity index (χ0n) is 20.0. The third-order valence-corrected chi connectivity index (χ3v) is 6.24. The third-order valence-electron chi connectivity index (χ3n) is 5.65. The van der Waals surface area contributed by atoms with Gasteiger partial charge in [0, 0.05) is 22.6 Å². The van der Waals surface area contributed by atoms with Crippen LogP contribution in [0.25, 0.3) is 0 Å². The van der Waals surface area contributed by atoms with Crippen molar-refractivity contribution < 1.29 is 14.3 Å². The van der Waals surface area contributed by atoms with Crippen LogP contribution in [-0.2, 0) is 16.1 Å². The number of hydrogen-bond acceptors (Lipinski definition) is 3. The highest BCUT2D eigenvalue weighted by atomic mass is 35.5. The number of carbonyl (C=O) groups is 2. The first-order valence-electron chi connectivity index (χ1n) is 11.4.